The highest BCUT2D eigenvalue weighted by Gasteiger charge is 2.23. The van der Waals surface area contributed by atoms with E-state index in [2.05, 4.69) is 14.9 Å². The van der Waals surface area contributed by atoms with E-state index >= 15 is 0 Å². The summed E-state index contributed by atoms with van der Waals surface area (Å²) in [6.07, 6.45) is 0. The van der Waals surface area contributed by atoms with E-state index in [-0.39, 0.29) is 11.9 Å². The maximum Gasteiger partial charge on any atom is 0.253 e. The second-order valence-electron chi connectivity index (χ2n) is 5.05. The lowest BCUT2D eigenvalue weighted by Gasteiger charge is -2.35. The molecular formula is C15H16ClN5O. The van der Waals surface area contributed by atoms with Crippen molar-refractivity contribution >= 4 is 29.3 Å². The minimum Gasteiger partial charge on any atom is -0.368 e. The first-order valence-corrected chi connectivity index (χ1v) is 7.40. The van der Waals surface area contributed by atoms with Crippen molar-refractivity contribution < 1.29 is 4.79 Å². The molecule has 22 heavy (non-hydrogen) atoms. The Kier molecular flexibility index (Phi) is 4.11. The predicted molar refractivity (Wildman–Crippen MR) is 86.0 cm³/mol. The third kappa shape index (κ3) is 3.12. The molecule has 1 amide bonds. The van der Waals surface area contributed by atoms with Crippen molar-refractivity contribution in [2.75, 3.05) is 36.8 Å². The number of nitrogens with two attached hydrogens (primary N) is 1. The number of halogens is 1. The molecule has 0 bridgehead atoms. The number of hydrogen-bond acceptors (Lipinski definition) is 5. The second-order valence-corrected chi connectivity index (χ2v) is 5.44. The van der Waals surface area contributed by atoms with Gasteiger partial charge in [-0.15, -0.1) is 0 Å². The fourth-order valence-electron chi connectivity index (χ4n) is 2.49. The summed E-state index contributed by atoms with van der Waals surface area (Å²) >= 11 is 5.91. The molecule has 0 aliphatic carbocycles. The molecule has 1 fully saturated rings. The summed E-state index contributed by atoms with van der Waals surface area (Å²) in [5, 5.41) is 0.324. The van der Waals surface area contributed by atoms with Gasteiger partial charge >= 0.3 is 0 Å². The molecule has 1 aromatic carbocycles. The number of aromatic nitrogens is 2. The van der Waals surface area contributed by atoms with E-state index in [1.54, 1.807) is 6.07 Å². The maximum absolute atomic E-state index is 12.4. The van der Waals surface area contributed by atoms with Crippen LogP contribution in [0, 0.1) is 0 Å². The molecular weight excluding hydrogens is 302 g/mol. The monoisotopic (exact) mass is 317 g/mol. The van der Waals surface area contributed by atoms with Crippen LogP contribution < -0.4 is 10.6 Å². The molecule has 114 valence electrons. The van der Waals surface area contributed by atoms with Gasteiger partial charge in [0.1, 0.15) is 11.0 Å². The normalized spacial score (nSPS) is 15.0. The minimum atomic E-state index is 0.0560. The second kappa shape index (κ2) is 6.19. The number of amides is 1. The topological polar surface area (TPSA) is 75.3 Å². The van der Waals surface area contributed by atoms with Gasteiger partial charge in [0.2, 0.25) is 5.95 Å². The van der Waals surface area contributed by atoms with E-state index in [4.69, 9.17) is 17.3 Å². The van der Waals surface area contributed by atoms with Gasteiger partial charge in [0.15, 0.2) is 0 Å². The highest BCUT2D eigenvalue weighted by atomic mass is 35.5. The van der Waals surface area contributed by atoms with Crippen molar-refractivity contribution in [1.82, 2.24) is 14.9 Å². The van der Waals surface area contributed by atoms with E-state index < -0.39 is 0 Å². The average Bonchev–Trinajstić information content (AvgIpc) is 2.54. The van der Waals surface area contributed by atoms with Gasteiger partial charge in [-0.2, -0.15) is 4.98 Å². The summed E-state index contributed by atoms with van der Waals surface area (Å²) in [6.45, 7) is 2.64. The molecule has 1 aliphatic rings. The molecule has 0 spiro atoms. The number of nitrogen functional groups attached to an aromatic ring is 1. The number of hydrogen-bond donors (Lipinski definition) is 1. The number of piperazine rings is 1. The zero-order chi connectivity index (χ0) is 15.5. The molecule has 2 aromatic rings. The quantitative estimate of drug-likeness (QED) is 0.853. The highest BCUT2D eigenvalue weighted by Crippen LogP contribution is 2.19. The van der Waals surface area contributed by atoms with E-state index in [0.29, 0.717) is 42.7 Å². The smallest absolute Gasteiger partial charge is 0.253 e. The Morgan fingerprint density at radius 2 is 1.77 bits per heavy atom. The largest absolute Gasteiger partial charge is 0.368 e. The van der Waals surface area contributed by atoms with Gasteiger partial charge < -0.3 is 15.5 Å². The van der Waals surface area contributed by atoms with Crippen LogP contribution in [0.15, 0.2) is 36.4 Å². The van der Waals surface area contributed by atoms with Crippen LogP contribution >= 0.6 is 11.6 Å². The van der Waals surface area contributed by atoms with Crippen LogP contribution in [0.4, 0.5) is 11.8 Å². The van der Waals surface area contributed by atoms with Crippen molar-refractivity contribution in [1.29, 1.82) is 0 Å². The minimum absolute atomic E-state index is 0.0560. The fourth-order valence-corrected chi connectivity index (χ4v) is 2.67. The third-order valence-electron chi connectivity index (χ3n) is 3.61. The lowest BCUT2D eigenvalue weighted by atomic mass is 10.2. The van der Waals surface area contributed by atoms with Crippen LogP contribution in [0.1, 0.15) is 10.4 Å². The van der Waals surface area contributed by atoms with Crippen molar-refractivity contribution in [2.45, 2.75) is 0 Å². The predicted octanol–water partition coefficient (Wildman–Crippen LogP) is 1.67. The Morgan fingerprint density at radius 1 is 1.09 bits per heavy atom. The van der Waals surface area contributed by atoms with Crippen LogP contribution in [0.5, 0.6) is 0 Å². The molecule has 1 aromatic heterocycles. The fraction of sp³-hybridized carbons (Fsp3) is 0.267. The number of nitrogens with zero attached hydrogens (tertiary/aromatic N) is 4. The summed E-state index contributed by atoms with van der Waals surface area (Å²) < 4.78 is 0. The first-order valence-electron chi connectivity index (χ1n) is 7.03. The summed E-state index contributed by atoms with van der Waals surface area (Å²) in [4.78, 5) is 24.3. The standard InChI is InChI=1S/C15H16ClN5O/c16-12-10-13(19-15(17)18-12)20-6-8-21(9-7-20)14(22)11-4-2-1-3-5-11/h1-5,10H,6-9H2,(H2,17,18,19). The number of anilines is 2. The van der Waals surface area contributed by atoms with Crippen LogP contribution in [-0.2, 0) is 0 Å². The molecule has 3 rings (SSSR count). The van der Waals surface area contributed by atoms with Crippen molar-refractivity contribution in [2.24, 2.45) is 0 Å². The summed E-state index contributed by atoms with van der Waals surface area (Å²) in [6, 6.07) is 11.0. The number of carbonyl (C=O) groups excluding carboxylic acids is 1. The van der Waals surface area contributed by atoms with Gasteiger partial charge in [-0.3, -0.25) is 4.79 Å². The Morgan fingerprint density at radius 3 is 2.41 bits per heavy atom. The van der Waals surface area contributed by atoms with Gasteiger partial charge in [0.05, 0.1) is 0 Å². The molecule has 0 unspecified atom stereocenters. The molecule has 0 atom stereocenters. The third-order valence-corrected chi connectivity index (χ3v) is 3.80. The molecule has 6 nitrogen and oxygen atoms in total. The Balaban J connectivity index is 1.66. The van der Waals surface area contributed by atoms with Gasteiger partial charge in [-0.05, 0) is 12.1 Å². The summed E-state index contributed by atoms with van der Waals surface area (Å²) in [5.41, 5.74) is 6.33. The van der Waals surface area contributed by atoms with Crippen molar-refractivity contribution in [3.8, 4) is 0 Å². The van der Waals surface area contributed by atoms with Crippen LogP contribution in [-0.4, -0.2) is 47.0 Å². The van der Waals surface area contributed by atoms with Crippen molar-refractivity contribution in [3.05, 3.63) is 47.1 Å². The number of rotatable bonds is 2. The lowest BCUT2D eigenvalue weighted by molar-refractivity contribution is 0.0746. The lowest BCUT2D eigenvalue weighted by Crippen LogP contribution is -2.49. The summed E-state index contributed by atoms with van der Waals surface area (Å²) in [5.74, 6) is 0.912. The molecule has 1 aliphatic heterocycles. The maximum atomic E-state index is 12.4. The summed E-state index contributed by atoms with van der Waals surface area (Å²) in [7, 11) is 0. The zero-order valence-electron chi connectivity index (χ0n) is 11.9. The first kappa shape index (κ1) is 14.6. The molecule has 0 radical (unpaired) electrons. The Bertz CT molecular complexity index is 651. The SMILES string of the molecule is Nc1nc(Cl)cc(N2CCN(C(=O)c3ccccc3)CC2)n1. The van der Waals surface area contributed by atoms with E-state index in [9.17, 15) is 4.79 Å². The molecule has 1 saturated heterocycles. The molecule has 2 heterocycles. The van der Waals surface area contributed by atoms with Gasteiger partial charge in [0, 0.05) is 37.8 Å². The van der Waals surface area contributed by atoms with Crippen LogP contribution in [0.2, 0.25) is 5.15 Å². The number of benzene rings is 1. The van der Waals surface area contributed by atoms with Gasteiger partial charge in [-0.25, -0.2) is 4.98 Å². The first-order chi connectivity index (χ1) is 10.6. The zero-order valence-corrected chi connectivity index (χ0v) is 12.7. The van der Waals surface area contributed by atoms with E-state index in [1.165, 1.54) is 0 Å². The van der Waals surface area contributed by atoms with E-state index in [1.807, 2.05) is 35.2 Å². The van der Waals surface area contributed by atoms with Crippen molar-refractivity contribution in [3.63, 3.8) is 0 Å². The highest BCUT2D eigenvalue weighted by molar-refractivity contribution is 6.29. The Labute approximate surface area is 133 Å². The average molecular weight is 318 g/mol. The van der Waals surface area contributed by atoms with Gasteiger partial charge in [0.25, 0.3) is 5.91 Å². The van der Waals surface area contributed by atoms with Crippen LogP contribution in [0.25, 0.3) is 0 Å². The Hall–Kier alpha value is -2.34. The van der Waals surface area contributed by atoms with E-state index in [0.717, 1.165) is 0 Å². The number of carbonyl (C=O) groups is 1. The molecule has 0 saturated carbocycles. The molecule has 7 heteroatoms. The molecule has 2 N–H and O–H groups in total. The van der Waals surface area contributed by atoms with Crippen LogP contribution in [0.3, 0.4) is 0 Å². The van der Waals surface area contributed by atoms with Gasteiger partial charge in [-0.1, -0.05) is 29.8 Å².